The number of carbonyl (C=O) groups excluding carboxylic acids is 2. The van der Waals surface area contributed by atoms with E-state index in [1.165, 1.54) is 12.1 Å². The average molecular weight is 454 g/mol. The van der Waals surface area contributed by atoms with Gasteiger partial charge in [-0.1, -0.05) is 30.3 Å². The molecule has 0 radical (unpaired) electrons. The van der Waals surface area contributed by atoms with E-state index < -0.39 is 35.3 Å². The van der Waals surface area contributed by atoms with Crippen molar-refractivity contribution in [2.45, 2.75) is 30.8 Å². The summed E-state index contributed by atoms with van der Waals surface area (Å²) >= 11 is 0. The highest BCUT2D eigenvalue weighted by Gasteiger charge is 2.42. The van der Waals surface area contributed by atoms with Gasteiger partial charge in [0.1, 0.15) is 17.4 Å². The minimum Gasteiger partial charge on any atom is -0.465 e. The van der Waals surface area contributed by atoms with Gasteiger partial charge < -0.3 is 26.2 Å². The van der Waals surface area contributed by atoms with Gasteiger partial charge in [-0.05, 0) is 28.8 Å². The number of ether oxygens (including phenoxy) is 1. The Hall–Kier alpha value is -3.97. The van der Waals surface area contributed by atoms with Crippen LogP contribution < -0.4 is 16.4 Å². The Morgan fingerprint density at radius 1 is 1.15 bits per heavy atom. The predicted octanol–water partition coefficient (Wildman–Crippen LogP) is 1.96. The van der Waals surface area contributed by atoms with Gasteiger partial charge >= 0.3 is 6.09 Å². The number of rotatable bonds is 7. The number of nitriles is 1. The third-order valence-corrected chi connectivity index (χ3v) is 5.55. The summed E-state index contributed by atoms with van der Waals surface area (Å²) < 4.78 is 19.3. The van der Waals surface area contributed by atoms with Crippen molar-refractivity contribution in [3.63, 3.8) is 0 Å². The van der Waals surface area contributed by atoms with Crippen LogP contribution in [0, 0.1) is 17.1 Å². The van der Waals surface area contributed by atoms with E-state index in [9.17, 15) is 24.0 Å². The summed E-state index contributed by atoms with van der Waals surface area (Å²) in [5.41, 5.74) is 5.57. The standard InChI is InChI=1S/C23H23FN4O5/c24-19-12-16(5-6-18(19)20(26)29)15-3-1-14(2-4-15)11-17(13-25)27-21(30)23(28-22(31)32)7-9-33-10-8-23/h1-6,12,17,28H,7-11H2,(H2,26,29)(H,27,30)(H,31,32). The second-order valence-corrected chi connectivity index (χ2v) is 7.74. The Morgan fingerprint density at radius 2 is 1.79 bits per heavy atom. The fourth-order valence-electron chi connectivity index (χ4n) is 3.72. The van der Waals surface area contributed by atoms with E-state index in [4.69, 9.17) is 15.6 Å². The van der Waals surface area contributed by atoms with Crippen LogP contribution in [0.3, 0.4) is 0 Å². The van der Waals surface area contributed by atoms with E-state index in [1.807, 2.05) is 6.07 Å². The van der Waals surface area contributed by atoms with Crippen molar-refractivity contribution >= 4 is 17.9 Å². The highest BCUT2D eigenvalue weighted by Crippen LogP contribution is 2.24. The van der Waals surface area contributed by atoms with Crippen molar-refractivity contribution in [3.8, 4) is 17.2 Å². The molecule has 10 heteroatoms. The molecule has 1 aliphatic heterocycles. The quantitative estimate of drug-likeness (QED) is 0.501. The van der Waals surface area contributed by atoms with Crippen LogP contribution in [0.5, 0.6) is 0 Å². The maximum Gasteiger partial charge on any atom is 0.405 e. The fourth-order valence-corrected chi connectivity index (χ4v) is 3.72. The van der Waals surface area contributed by atoms with E-state index in [-0.39, 0.29) is 38.0 Å². The number of nitrogens with one attached hydrogen (secondary N) is 2. The van der Waals surface area contributed by atoms with E-state index >= 15 is 0 Å². The van der Waals surface area contributed by atoms with Crippen molar-refractivity contribution in [1.29, 1.82) is 5.26 Å². The second kappa shape index (κ2) is 10.1. The number of hydrogen-bond donors (Lipinski definition) is 4. The minimum absolute atomic E-state index is 0.170. The number of halogens is 1. The first kappa shape index (κ1) is 23.7. The summed E-state index contributed by atoms with van der Waals surface area (Å²) in [5.74, 6) is -2.13. The molecular weight excluding hydrogens is 431 g/mol. The van der Waals surface area contributed by atoms with E-state index in [0.717, 1.165) is 5.56 Å². The summed E-state index contributed by atoms with van der Waals surface area (Å²) in [6, 6.07) is 12.2. The Balaban J connectivity index is 1.70. The fraction of sp³-hybridized carbons (Fsp3) is 0.304. The Labute approximate surface area is 189 Å². The molecule has 9 nitrogen and oxygen atoms in total. The topological polar surface area (TPSA) is 155 Å². The molecule has 0 spiro atoms. The molecule has 3 rings (SSSR count). The van der Waals surface area contributed by atoms with E-state index in [2.05, 4.69) is 10.6 Å². The molecule has 33 heavy (non-hydrogen) atoms. The van der Waals surface area contributed by atoms with Crippen LogP contribution in [0.2, 0.25) is 0 Å². The maximum atomic E-state index is 14.0. The SMILES string of the molecule is N#CC(Cc1ccc(-c2ccc(C(N)=O)c(F)c2)cc1)NC(=O)C1(NC(=O)O)CCOCC1. The van der Waals surface area contributed by atoms with Crippen molar-refractivity contribution in [3.05, 3.63) is 59.4 Å². The van der Waals surface area contributed by atoms with Crippen LogP contribution >= 0.6 is 0 Å². The number of carbonyl (C=O) groups is 3. The molecule has 2 aromatic carbocycles. The van der Waals surface area contributed by atoms with Crippen molar-refractivity contribution in [2.75, 3.05) is 13.2 Å². The monoisotopic (exact) mass is 454 g/mol. The molecule has 172 valence electrons. The molecule has 1 aliphatic rings. The van der Waals surface area contributed by atoms with Gasteiger partial charge in [-0.15, -0.1) is 0 Å². The smallest absolute Gasteiger partial charge is 0.405 e. The lowest BCUT2D eigenvalue weighted by molar-refractivity contribution is -0.131. The third kappa shape index (κ3) is 5.64. The molecule has 0 bridgehead atoms. The van der Waals surface area contributed by atoms with Crippen LogP contribution in [0.25, 0.3) is 11.1 Å². The normalized spacial score (nSPS) is 15.6. The molecule has 1 fully saturated rings. The van der Waals surface area contributed by atoms with Gasteiger partial charge in [-0.2, -0.15) is 5.26 Å². The number of amides is 3. The molecule has 1 heterocycles. The lowest BCUT2D eigenvalue weighted by atomic mass is 9.88. The number of benzene rings is 2. The predicted molar refractivity (Wildman–Crippen MR) is 116 cm³/mol. The Bertz CT molecular complexity index is 1090. The summed E-state index contributed by atoms with van der Waals surface area (Å²) in [6.45, 7) is 0.459. The summed E-state index contributed by atoms with van der Waals surface area (Å²) in [6.07, 6.45) is -0.792. The first-order chi connectivity index (χ1) is 15.7. The zero-order valence-corrected chi connectivity index (χ0v) is 17.6. The summed E-state index contributed by atoms with van der Waals surface area (Å²) in [4.78, 5) is 35.2. The number of hydrogen-bond acceptors (Lipinski definition) is 5. The number of nitrogens with two attached hydrogens (primary N) is 1. The molecule has 1 atom stereocenters. The van der Waals surface area contributed by atoms with Gasteiger partial charge in [-0.3, -0.25) is 9.59 Å². The summed E-state index contributed by atoms with van der Waals surface area (Å²) in [5, 5.41) is 23.6. The largest absolute Gasteiger partial charge is 0.465 e. The van der Waals surface area contributed by atoms with Crippen LogP contribution in [0.1, 0.15) is 28.8 Å². The molecule has 0 aromatic heterocycles. The van der Waals surface area contributed by atoms with Gasteiger partial charge in [0, 0.05) is 32.5 Å². The molecule has 1 unspecified atom stereocenters. The third-order valence-electron chi connectivity index (χ3n) is 5.55. The Morgan fingerprint density at radius 3 is 2.33 bits per heavy atom. The number of nitrogens with zero attached hydrogens (tertiary/aromatic N) is 1. The first-order valence-corrected chi connectivity index (χ1v) is 10.2. The lowest BCUT2D eigenvalue weighted by Gasteiger charge is -2.36. The maximum absolute atomic E-state index is 14.0. The highest BCUT2D eigenvalue weighted by molar-refractivity contribution is 5.93. The molecule has 0 aliphatic carbocycles. The summed E-state index contributed by atoms with van der Waals surface area (Å²) in [7, 11) is 0. The van der Waals surface area contributed by atoms with Crippen LogP contribution in [-0.4, -0.2) is 47.8 Å². The Kier molecular flexibility index (Phi) is 7.25. The molecule has 1 saturated heterocycles. The van der Waals surface area contributed by atoms with Gasteiger partial charge in [0.25, 0.3) is 5.91 Å². The second-order valence-electron chi connectivity index (χ2n) is 7.74. The zero-order chi connectivity index (χ0) is 24.0. The minimum atomic E-state index is -1.34. The van der Waals surface area contributed by atoms with Gasteiger partial charge in [0.2, 0.25) is 5.91 Å². The number of primary amides is 1. The number of carboxylic acid groups (broad SMARTS) is 1. The molecule has 5 N–H and O–H groups in total. The first-order valence-electron chi connectivity index (χ1n) is 10.2. The molecule has 0 saturated carbocycles. The van der Waals surface area contributed by atoms with Crippen molar-refractivity contribution < 1.29 is 28.6 Å². The van der Waals surface area contributed by atoms with Gasteiger partial charge in [-0.25, -0.2) is 9.18 Å². The van der Waals surface area contributed by atoms with Gasteiger partial charge in [0.05, 0.1) is 11.6 Å². The van der Waals surface area contributed by atoms with Crippen molar-refractivity contribution in [2.24, 2.45) is 5.73 Å². The van der Waals surface area contributed by atoms with Crippen LogP contribution in [0.15, 0.2) is 42.5 Å². The average Bonchev–Trinajstić information content (AvgIpc) is 2.78. The molecule has 3 amide bonds. The van der Waals surface area contributed by atoms with E-state index in [0.29, 0.717) is 11.1 Å². The lowest BCUT2D eigenvalue weighted by Crippen LogP contribution is -2.62. The van der Waals surface area contributed by atoms with Crippen LogP contribution in [-0.2, 0) is 16.0 Å². The zero-order valence-electron chi connectivity index (χ0n) is 17.6. The van der Waals surface area contributed by atoms with Crippen molar-refractivity contribution in [1.82, 2.24) is 10.6 Å². The van der Waals surface area contributed by atoms with Crippen LogP contribution in [0.4, 0.5) is 9.18 Å². The van der Waals surface area contributed by atoms with Gasteiger partial charge in [0.15, 0.2) is 0 Å². The molecule has 2 aromatic rings. The highest BCUT2D eigenvalue weighted by atomic mass is 19.1. The van der Waals surface area contributed by atoms with E-state index in [1.54, 1.807) is 30.3 Å². The molecular formula is C23H23FN4O5.